The normalized spacial score (nSPS) is 25.2. The fraction of sp³-hybridized carbons (Fsp3) is 0.828. The molecule has 0 aromatic carbocycles. The molecule has 0 radical (unpaired) electrons. The molecule has 15 heteroatoms. The second-order valence-corrected chi connectivity index (χ2v) is 20.1. The van der Waals surface area contributed by atoms with Gasteiger partial charge in [-0.2, -0.15) is 0 Å². The van der Waals surface area contributed by atoms with Gasteiger partial charge in [-0.1, -0.05) is 197 Å². The van der Waals surface area contributed by atoms with Crippen LogP contribution in [0.4, 0.5) is 0 Å². The lowest BCUT2D eigenvalue weighted by Gasteiger charge is -2.42. The van der Waals surface area contributed by atoms with Crippen LogP contribution in [0.15, 0.2) is 48.6 Å². The van der Waals surface area contributed by atoms with Crippen LogP contribution in [0.5, 0.6) is 0 Å². The molecule has 0 aromatic heterocycles. The van der Waals surface area contributed by atoms with E-state index in [1.165, 1.54) is 116 Å². The molecule has 2 aliphatic heterocycles. The van der Waals surface area contributed by atoms with Crippen LogP contribution in [0.3, 0.4) is 0 Å². The maximum absolute atomic E-state index is 13.0. The lowest BCUT2D eigenvalue weighted by Crippen LogP contribution is -2.61. The van der Waals surface area contributed by atoms with Gasteiger partial charge in [0.05, 0.1) is 19.8 Å². The number of ether oxygens (including phenoxy) is 6. The van der Waals surface area contributed by atoms with E-state index < -0.39 is 99.3 Å². The highest BCUT2D eigenvalue weighted by Gasteiger charge is 2.47. The Labute approximate surface area is 439 Å². The molecule has 2 rings (SSSR count). The molecule has 0 aromatic rings. The molecule has 0 amide bonds. The van der Waals surface area contributed by atoms with Crippen LogP contribution in [0.25, 0.3) is 0 Å². The molecule has 2 heterocycles. The van der Waals surface area contributed by atoms with Crippen molar-refractivity contribution in [2.45, 2.75) is 280 Å². The maximum Gasteiger partial charge on any atom is 0.306 e. The first kappa shape index (κ1) is 66.6. The zero-order valence-corrected chi connectivity index (χ0v) is 45.1. The number of aliphatic hydroxyl groups is 7. The third-order valence-corrected chi connectivity index (χ3v) is 13.6. The minimum atomic E-state index is -1.77. The van der Waals surface area contributed by atoms with Crippen LogP contribution in [0, 0.1) is 0 Å². The van der Waals surface area contributed by atoms with Crippen LogP contribution >= 0.6 is 0 Å². The molecule has 2 fully saturated rings. The van der Waals surface area contributed by atoms with Crippen molar-refractivity contribution in [3.63, 3.8) is 0 Å². The fourth-order valence-electron chi connectivity index (χ4n) is 8.92. The molecule has 7 N–H and O–H groups in total. The Morgan fingerprint density at radius 2 is 0.863 bits per heavy atom. The molecule has 11 atom stereocenters. The summed E-state index contributed by atoms with van der Waals surface area (Å²) in [5.74, 6) is -0.967. The van der Waals surface area contributed by atoms with Gasteiger partial charge in [-0.15, -0.1) is 0 Å². The first-order valence-corrected chi connectivity index (χ1v) is 28.7. The highest BCUT2D eigenvalue weighted by Crippen LogP contribution is 2.27. The van der Waals surface area contributed by atoms with E-state index >= 15 is 0 Å². The van der Waals surface area contributed by atoms with E-state index in [-0.39, 0.29) is 19.4 Å². The number of hydrogen-bond donors (Lipinski definition) is 7. The highest BCUT2D eigenvalue weighted by molar-refractivity contribution is 5.70. The van der Waals surface area contributed by atoms with E-state index in [1.54, 1.807) is 0 Å². The van der Waals surface area contributed by atoms with Gasteiger partial charge in [0, 0.05) is 12.8 Å². The second-order valence-electron chi connectivity index (χ2n) is 20.1. The van der Waals surface area contributed by atoms with Crippen molar-refractivity contribution in [3.8, 4) is 0 Å². The monoisotopic (exact) mass is 1040 g/mol. The van der Waals surface area contributed by atoms with Crippen LogP contribution in [0.1, 0.15) is 213 Å². The van der Waals surface area contributed by atoms with Gasteiger partial charge in [-0.3, -0.25) is 9.59 Å². The maximum atomic E-state index is 13.0. The van der Waals surface area contributed by atoms with Gasteiger partial charge in [-0.25, -0.2) is 0 Å². The number of rotatable bonds is 45. The van der Waals surface area contributed by atoms with Crippen molar-refractivity contribution in [1.82, 2.24) is 0 Å². The molecule has 424 valence electrons. The Morgan fingerprint density at radius 1 is 0.452 bits per heavy atom. The summed E-state index contributed by atoms with van der Waals surface area (Å²) >= 11 is 0. The third kappa shape index (κ3) is 32.0. The SMILES string of the molecule is CC/C=C/C/C=C/C/C=C/C/C=C/CCCCC(=O)O[C@@H](COC(=O)CCCCCCCCCCCCCCCCCCCCCCCC)CO[C@@H]1O[C@H](CO[C@@H]2O[C@H](CO)[C@H](O)C(O)C2O)[C@H](O)C(O)C1O. The van der Waals surface area contributed by atoms with Crippen molar-refractivity contribution in [2.75, 3.05) is 26.4 Å². The van der Waals surface area contributed by atoms with E-state index in [1.807, 2.05) is 0 Å². The van der Waals surface area contributed by atoms with Gasteiger partial charge >= 0.3 is 11.9 Å². The molecule has 2 saturated heterocycles. The summed E-state index contributed by atoms with van der Waals surface area (Å²) in [5, 5.41) is 72.2. The van der Waals surface area contributed by atoms with E-state index in [0.29, 0.717) is 12.8 Å². The number of hydrogen-bond acceptors (Lipinski definition) is 15. The average molecular weight is 1040 g/mol. The van der Waals surface area contributed by atoms with E-state index in [9.17, 15) is 45.3 Å². The van der Waals surface area contributed by atoms with Crippen LogP contribution in [-0.2, 0) is 38.0 Å². The minimum Gasteiger partial charge on any atom is -0.462 e. The standard InChI is InChI=1S/C58H102O15/c1-3-5-7-9-11-13-15-17-19-20-21-22-23-24-25-27-28-30-32-34-36-38-40-49(60)68-43-46(71-50(61)41-39-37-35-33-31-29-26-18-16-14-12-10-8-6-4-2)44-69-57-56(67)54(65)52(63)48(73-57)45-70-58-55(66)53(64)51(62)47(42-59)72-58/h6,8,12,14,18,26,31,33,46-48,51-59,62-67H,3-5,7,9-11,13,15-17,19-25,27-30,32,34-45H2,1-2H3/b8-6+,14-12+,26-18+,33-31+/t46-,47+,48+,51-,52-,53?,54?,55?,56?,57+,58+/m0/s1. The summed E-state index contributed by atoms with van der Waals surface area (Å²) in [7, 11) is 0. The number of unbranched alkanes of at least 4 members (excludes halogenated alkanes) is 23. The highest BCUT2D eigenvalue weighted by atomic mass is 16.7. The third-order valence-electron chi connectivity index (χ3n) is 13.6. The quantitative estimate of drug-likeness (QED) is 0.0171. The Balaban J connectivity index is 1.75. The Bertz CT molecular complexity index is 1450. The van der Waals surface area contributed by atoms with Crippen molar-refractivity contribution in [3.05, 3.63) is 48.6 Å². The zero-order valence-electron chi connectivity index (χ0n) is 45.1. The van der Waals surface area contributed by atoms with Crippen molar-refractivity contribution in [2.24, 2.45) is 0 Å². The number of carbonyl (C=O) groups is 2. The Morgan fingerprint density at radius 3 is 1.36 bits per heavy atom. The van der Waals surface area contributed by atoms with Crippen LogP contribution < -0.4 is 0 Å². The lowest BCUT2D eigenvalue weighted by molar-refractivity contribution is -0.332. The molecular formula is C58H102O15. The summed E-state index contributed by atoms with van der Waals surface area (Å²) in [6.07, 6.45) is 34.3. The molecule has 4 unspecified atom stereocenters. The van der Waals surface area contributed by atoms with Gasteiger partial charge in [0.1, 0.15) is 55.4 Å². The number of carbonyl (C=O) groups excluding carboxylic acids is 2. The van der Waals surface area contributed by atoms with Crippen LogP contribution in [0.2, 0.25) is 0 Å². The minimum absolute atomic E-state index is 0.113. The van der Waals surface area contributed by atoms with Gasteiger partial charge in [0.25, 0.3) is 0 Å². The second kappa shape index (κ2) is 44.6. The van der Waals surface area contributed by atoms with E-state index in [4.69, 9.17) is 28.4 Å². The van der Waals surface area contributed by atoms with Gasteiger partial charge < -0.3 is 64.2 Å². The summed E-state index contributed by atoms with van der Waals surface area (Å²) in [4.78, 5) is 25.8. The summed E-state index contributed by atoms with van der Waals surface area (Å²) in [6.45, 7) is 2.46. The lowest BCUT2D eigenvalue weighted by atomic mass is 9.98. The first-order valence-electron chi connectivity index (χ1n) is 28.7. The van der Waals surface area contributed by atoms with E-state index in [2.05, 4.69) is 62.5 Å². The number of esters is 2. The summed E-state index contributed by atoms with van der Waals surface area (Å²) < 4.78 is 33.6. The molecule has 0 bridgehead atoms. The molecule has 2 aliphatic rings. The first-order chi connectivity index (χ1) is 35.5. The molecule has 73 heavy (non-hydrogen) atoms. The molecule has 15 nitrogen and oxygen atoms in total. The van der Waals surface area contributed by atoms with Crippen molar-refractivity contribution < 1.29 is 73.8 Å². The van der Waals surface area contributed by atoms with Crippen LogP contribution in [-0.4, -0.2) is 142 Å². The number of aliphatic hydroxyl groups excluding tert-OH is 7. The Hall–Kier alpha value is -2.54. The largest absolute Gasteiger partial charge is 0.462 e. The molecule has 0 saturated carbocycles. The Kier molecular flexibility index (Phi) is 40.6. The topological polar surface area (TPSA) is 231 Å². The predicted molar refractivity (Wildman–Crippen MR) is 284 cm³/mol. The molecular weight excluding hydrogens is 937 g/mol. The number of allylic oxidation sites excluding steroid dienone is 8. The zero-order chi connectivity index (χ0) is 53.2. The molecule has 0 aliphatic carbocycles. The average Bonchev–Trinajstić information content (AvgIpc) is 3.38. The van der Waals surface area contributed by atoms with Gasteiger partial charge in [-0.05, 0) is 51.4 Å². The smallest absolute Gasteiger partial charge is 0.306 e. The predicted octanol–water partition coefficient (Wildman–Crippen LogP) is 9.44. The summed E-state index contributed by atoms with van der Waals surface area (Å²) in [6, 6.07) is 0. The van der Waals surface area contributed by atoms with Crippen molar-refractivity contribution >= 4 is 11.9 Å². The van der Waals surface area contributed by atoms with E-state index in [0.717, 1.165) is 57.8 Å². The summed E-state index contributed by atoms with van der Waals surface area (Å²) in [5.41, 5.74) is 0. The molecule has 0 spiro atoms. The fourth-order valence-corrected chi connectivity index (χ4v) is 8.92. The van der Waals surface area contributed by atoms with Gasteiger partial charge in [0.15, 0.2) is 18.7 Å². The van der Waals surface area contributed by atoms with Crippen molar-refractivity contribution in [1.29, 1.82) is 0 Å². The van der Waals surface area contributed by atoms with Gasteiger partial charge in [0.2, 0.25) is 0 Å².